The summed E-state index contributed by atoms with van der Waals surface area (Å²) < 4.78 is 11.2. The van der Waals surface area contributed by atoms with Gasteiger partial charge in [-0.3, -0.25) is 0 Å². The molecular weight excluding hydrogens is 216 g/mol. The van der Waals surface area contributed by atoms with Crippen molar-refractivity contribution in [3.63, 3.8) is 0 Å². The summed E-state index contributed by atoms with van der Waals surface area (Å²) in [7, 11) is -1.26. The van der Waals surface area contributed by atoms with Crippen LogP contribution in [-0.4, -0.2) is 22.5 Å². The maximum absolute atomic E-state index is 5.61. The summed E-state index contributed by atoms with van der Waals surface area (Å²) >= 11 is 0. The SMILES string of the molecule is C=CCO[Si](Cc1ccccc1)OCC=C. The zero-order valence-corrected chi connectivity index (χ0v) is 10.4. The van der Waals surface area contributed by atoms with Gasteiger partial charge in [0.15, 0.2) is 0 Å². The van der Waals surface area contributed by atoms with Crippen LogP contribution in [0.3, 0.4) is 0 Å². The maximum atomic E-state index is 5.61. The molecule has 0 bridgehead atoms. The molecular formula is C13H17O2Si. The van der Waals surface area contributed by atoms with E-state index in [1.165, 1.54) is 5.56 Å². The summed E-state index contributed by atoms with van der Waals surface area (Å²) in [6.07, 6.45) is 3.49. The molecule has 16 heavy (non-hydrogen) atoms. The largest absolute Gasteiger partial charge is 0.389 e. The molecule has 0 saturated heterocycles. The smallest absolute Gasteiger partial charge is 0.389 e. The van der Waals surface area contributed by atoms with Crippen LogP contribution in [0, 0.1) is 0 Å². The first-order valence-electron chi connectivity index (χ1n) is 5.24. The molecule has 0 heterocycles. The van der Waals surface area contributed by atoms with Gasteiger partial charge >= 0.3 is 9.28 Å². The molecule has 0 aromatic heterocycles. The van der Waals surface area contributed by atoms with Gasteiger partial charge in [-0.05, 0) is 5.56 Å². The van der Waals surface area contributed by atoms with Crippen molar-refractivity contribution in [2.75, 3.05) is 13.2 Å². The Bertz CT molecular complexity index is 299. The molecule has 0 aliphatic carbocycles. The van der Waals surface area contributed by atoms with Crippen molar-refractivity contribution in [2.45, 2.75) is 6.04 Å². The van der Waals surface area contributed by atoms with Crippen LogP contribution < -0.4 is 0 Å². The Hall–Kier alpha value is -1.16. The monoisotopic (exact) mass is 233 g/mol. The lowest BCUT2D eigenvalue weighted by Gasteiger charge is -2.13. The molecule has 1 aromatic rings. The summed E-state index contributed by atoms with van der Waals surface area (Å²) in [5, 5.41) is 0. The van der Waals surface area contributed by atoms with Crippen LogP contribution in [0.15, 0.2) is 55.6 Å². The van der Waals surface area contributed by atoms with E-state index in [1.807, 2.05) is 18.2 Å². The Morgan fingerprint density at radius 3 is 2.06 bits per heavy atom. The van der Waals surface area contributed by atoms with Crippen LogP contribution in [0.25, 0.3) is 0 Å². The second kappa shape index (κ2) is 8.04. The summed E-state index contributed by atoms with van der Waals surface area (Å²) in [5.74, 6) is 0. The van der Waals surface area contributed by atoms with E-state index < -0.39 is 9.28 Å². The van der Waals surface area contributed by atoms with Gasteiger partial charge < -0.3 is 8.85 Å². The lowest BCUT2D eigenvalue weighted by atomic mass is 10.2. The number of benzene rings is 1. The minimum Gasteiger partial charge on any atom is -0.389 e. The second-order valence-electron chi connectivity index (χ2n) is 3.23. The lowest BCUT2D eigenvalue weighted by Crippen LogP contribution is -2.26. The average Bonchev–Trinajstić information content (AvgIpc) is 2.34. The van der Waals surface area contributed by atoms with Crippen molar-refractivity contribution in [2.24, 2.45) is 0 Å². The molecule has 0 atom stereocenters. The van der Waals surface area contributed by atoms with Crippen LogP contribution in [0.4, 0.5) is 0 Å². The zero-order chi connectivity index (χ0) is 11.6. The van der Waals surface area contributed by atoms with E-state index in [1.54, 1.807) is 12.2 Å². The standard InChI is InChI=1S/C13H17O2Si/c1-3-10-14-16(15-11-4-2)12-13-8-6-5-7-9-13/h3-9H,1-2,10-12H2. The molecule has 0 saturated carbocycles. The summed E-state index contributed by atoms with van der Waals surface area (Å²) in [4.78, 5) is 0. The molecule has 3 heteroatoms. The molecule has 0 spiro atoms. The Morgan fingerprint density at radius 2 is 1.56 bits per heavy atom. The highest BCUT2D eigenvalue weighted by atomic mass is 28.3. The topological polar surface area (TPSA) is 18.5 Å². The average molecular weight is 233 g/mol. The first-order chi connectivity index (χ1) is 7.86. The molecule has 85 valence electrons. The third-order valence-electron chi connectivity index (χ3n) is 1.92. The van der Waals surface area contributed by atoms with E-state index in [2.05, 4.69) is 25.3 Å². The van der Waals surface area contributed by atoms with Gasteiger partial charge in [-0.15, -0.1) is 13.2 Å². The van der Waals surface area contributed by atoms with Gasteiger partial charge in [0.25, 0.3) is 0 Å². The minimum absolute atomic E-state index is 0.540. The summed E-state index contributed by atoms with van der Waals surface area (Å²) in [5.41, 5.74) is 1.24. The molecule has 1 rings (SSSR count). The second-order valence-corrected chi connectivity index (χ2v) is 4.91. The van der Waals surface area contributed by atoms with Crippen LogP contribution in [0.5, 0.6) is 0 Å². The molecule has 0 aliphatic heterocycles. The Morgan fingerprint density at radius 1 is 1.00 bits per heavy atom. The molecule has 0 amide bonds. The van der Waals surface area contributed by atoms with Crippen molar-refractivity contribution in [3.8, 4) is 0 Å². The fourth-order valence-electron chi connectivity index (χ4n) is 1.21. The van der Waals surface area contributed by atoms with Gasteiger partial charge in [0.1, 0.15) is 0 Å². The van der Waals surface area contributed by atoms with Crippen LogP contribution in [0.1, 0.15) is 5.56 Å². The molecule has 0 aliphatic rings. The van der Waals surface area contributed by atoms with Crippen molar-refractivity contribution in [1.29, 1.82) is 0 Å². The van der Waals surface area contributed by atoms with Gasteiger partial charge in [0.05, 0.1) is 13.2 Å². The van der Waals surface area contributed by atoms with E-state index in [0.29, 0.717) is 13.2 Å². The zero-order valence-electron chi connectivity index (χ0n) is 9.39. The number of hydrogen-bond donors (Lipinski definition) is 0. The maximum Gasteiger partial charge on any atom is 0.389 e. The highest BCUT2D eigenvalue weighted by molar-refractivity contribution is 6.43. The van der Waals surface area contributed by atoms with E-state index in [0.717, 1.165) is 6.04 Å². The van der Waals surface area contributed by atoms with Crippen LogP contribution in [0.2, 0.25) is 0 Å². The Labute approximate surface area is 99.1 Å². The van der Waals surface area contributed by atoms with Crippen LogP contribution >= 0.6 is 0 Å². The normalized spacial score (nSPS) is 10.3. The quantitative estimate of drug-likeness (QED) is 0.507. The highest BCUT2D eigenvalue weighted by Crippen LogP contribution is 2.04. The molecule has 0 N–H and O–H groups in total. The molecule has 1 radical (unpaired) electrons. The first-order valence-corrected chi connectivity index (χ1v) is 6.76. The lowest BCUT2D eigenvalue weighted by molar-refractivity contribution is 0.232. The molecule has 0 fully saturated rings. The minimum atomic E-state index is -1.26. The van der Waals surface area contributed by atoms with Gasteiger partial charge in [-0.1, -0.05) is 42.5 Å². The van der Waals surface area contributed by atoms with Crippen molar-refractivity contribution in [1.82, 2.24) is 0 Å². The van der Waals surface area contributed by atoms with E-state index >= 15 is 0 Å². The summed E-state index contributed by atoms with van der Waals surface area (Å²) in [6, 6.07) is 11.1. The third kappa shape index (κ3) is 5.07. The van der Waals surface area contributed by atoms with Gasteiger partial charge in [0, 0.05) is 6.04 Å². The Kier molecular flexibility index (Phi) is 6.49. The first kappa shape index (κ1) is 12.9. The van der Waals surface area contributed by atoms with Crippen LogP contribution in [-0.2, 0) is 14.9 Å². The molecule has 0 unspecified atom stereocenters. The number of rotatable bonds is 8. The highest BCUT2D eigenvalue weighted by Gasteiger charge is 2.15. The number of hydrogen-bond acceptors (Lipinski definition) is 2. The fraction of sp³-hybridized carbons (Fsp3) is 0.231. The summed E-state index contributed by atoms with van der Waals surface area (Å²) in [6.45, 7) is 8.35. The predicted octanol–water partition coefficient (Wildman–Crippen LogP) is 2.66. The molecule has 2 nitrogen and oxygen atoms in total. The van der Waals surface area contributed by atoms with E-state index in [4.69, 9.17) is 8.85 Å². The van der Waals surface area contributed by atoms with E-state index in [-0.39, 0.29) is 0 Å². The van der Waals surface area contributed by atoms with E-state index in [9.17, 15) is 0 Å². The Balaban J connectivity index is 2.48. The van der Waals surface area contributed by atoms with Crippen molar-refractivity contribution >= 4 is 9.28 Å². The van der Waals surface area contributed by atoms with Crippen molar-refractivity contribution < 1.29 is 8.85 Å². The fourth-order valence-corrected chi connectivity index (χ4v) is 2.67. The van der Waals surface area contributed by atoms with Crippen molar-refractivity contribution in [3.05, 3.63) is 61.2 Å². The van der Waals surface area contributed by atoms with Gasteiger partial charge in [-0.25, -0.2) is 0 Å². The van der Waals surface area contributed by atoms with Gasteiger partial charge in [-0.2, -0.15) is 0 Å². The predicted molar refractivity (Wildman–Crippen MR) is 68.2 cm³/mol. The molecule has 1 aromatic carbocycles. The third-order valence-corrected chi connectivity index (χ3v) is 3.59. The van der Waals surface area contributed by atoms with Gasteiger partial charge in [0.2, 0.25) is 0 Å².